The van der Waals surface area contributed by atoms with Gasteiger partial charge in [0.25, 0.3) is 0 Å². The summed E-state index contributed by atoms with van der Waals surface area (Å²) >= 11 is 1.75. The van der Waals surface area contributed by atoms with Crippen molar-refractivity contribution in [2.45, 2.75) is 12.5 Å². The second kappa shape index (κ2) is 8.39. The van der Waals surface area contributed by atoms with Crippen LogP contribution in [-0.4, -0.2) is 60.4 Å². The van der Waals surface area contributed by atoms with Crippen molar-refractivity contribution in [2.24, 2.45) is 0 Å². The number of thiophene rings is 1. The molecule has 2 aromatic rings. The topological polar surface area (TPSA) is 43.9 Å². The molecule has 3 amide bonds. The summed E-state index contributed by atoms with van der Waals surface area (Å²) < 4.78 is 0. The highest BCUT2D eigenvalue weighted by Gasteiger charge is 2.33. The lowest BCUT2D eigenvalue weighted by molar-refractivity contribution is -0.133. The van der Waals surface area contributed by atoms with Crippen LogP contribution in [0.1, 0.15) is 22.0 Å². The molecule has 1 aliphatic rings. The van der Waals surface area contributed by atoms with E-state index in [2.05, 4.69) is 30.2 Å². The molecule has 1 aromatic carbocycles. The van der Waals surface area contributed by atoms with Crippen LogP contribution in [-0.2, 0) is 11.2 Å². The van der Waals surface area contributed by atoms with Gasteiger partial charge in [-0.05, 0) is 29.0 Å². The Morgan fingerprint density at radius 1 is 1.26 bits per heavy atom. The van der Waals surface area contributed by atoms with E-state index in [-0.39, 0.29) is 24.5 Å². The fraction of sp³-hybridized carbons (Fsp3) is 0.333. The van der Waals surface area contributed by atoms with Crippen molar-refractivity contribution in [1.29, 1.82) is 0 Å². The molecule has 5 nitrogen and oxygen atoms in total. The molecule has 1 unspecified atom stereocenters. The van der Waals surface area contributed by atoms with Crippen LogP contribution in [0.3, 0.4) is 0 Å². The van der Waals surface area contributed by atoms with Gasteiger partial charge in [-0.25, -0.2) is 4.79 Å². The van der Waals surface area contributed by atoms with Crippen molar-refractivity contribution >= 4 is 23.3 Å². The van der Waals surface area contributed by atoms with E-state index in [1.165, 1.54) is 20.2 Å². The highest BCUT2D eigenvalue weighted by atomic mass is 32.1. The smallest absolute Gasteiger partial charge is 0.320 e. The number of hydrogen-bond acceptors (Lipinski definition) is 3. The lowest BCUT2D eigenvalue weighted by Gasteiger charge is -2.37. The maximum Gasteiger partial charge on any atom is 0.320 e. The lowest BCUT2D eigenvalue weighted by atomic mass is 9.93. The minimum Gasteiger partial charge on any atom is -0.331 e. The number of fused-ring (bicyclic) bond motifs is 1. The third kappa shape index (κ3) is 4.06. The van der Waals surface area contributed by atoms with Gasteiger partial charge in [0.15, 0.2) is 0 Å². The predicted octanol–water partition coefficient (Wildman–Crippen LogP) is 3.39. The van der Waals surface area contributed by atoms with Crippen LogP contribution in [0.25, 0.3) is 0 Å². The summed E-state index contributed by atoms with van der Waals surface area (Å²) in [5.74, 6) is -0.0437. The first-order chi connectivity index (χ1) is 13.0. The minimum absolute atomic E-state index is 0.0437. The van der Waals surface area contributed by atoms with Crippen LogP contribution in [0.5, 0.6) is 0 Å². The summed E-state index contributed by atoms with van der Waals surface area (Å²) in [5, 5.41) is 2.09. The molecular formula is C21H25N3O2S. The Kier molecular flexibility index (Phi) is 5.96. The zero-order valence-corrected chi connectivity index (χ0v) is 16.6. The van der Waals surface area contributed by atoms with Crippen LogP contribution in [0.15, 0.2) is 54.4 Å². The second-order valence-electron chi connectivity index (χ2n) is 6.80. The van der Waals surface area contributed by atoms with E-state index in [9.17, 15) is 9.59 Å². The number of hydrogen-bond donors (Lipinski definition) is 0. The molecule has 6 heteroatoms. The number of amides is 3. The Balaban J connectivity index is 1.88. The molecule has 0 radical (unpaired) electrons. The number of carbonyl (C=O) groups excluding carboxylic acids is 2. The van der Waals surface area contributed by atoms with Crippen LogP contribution in [0.2, 0.25) is 0 Å². The summed E-state index contributed by atoms with van der Waals surface area (Å²) in [6.45, 7) is 4.76. The molecule has 0 spiro atoms. The fourth-order valence-electron chi connectivity index (χ4n) is 3.48. The lowest BCUT2D eigenvalue weighted by Crippen LogP contribution is -2.48. The summed E-state index contributed by atoms with van der Waals surface area (Å²) in [6, 6.07) is 11.9. The molecule has 142 valence electrons. The monoisotopic (exact) mass is 383 g/mol. The van der Waals surface area contributed by atoms with E-state index < -0.39 is 0 Å². The summed E-state index contributed by atoms with van der Waals surface area (Å²) in [6.07, 6.45) is 2.50. The molecule has 0 N–H and O–H groups in total. The second-order valence-corrected chi connectivity index (χ2v) is 7.80. The number of nitrogens with zero attached hydrogens (tertiary/aromatic N) is 3. The maximum atomic E-state index is 13.2. The number of benzene rings is 1. The van der Waals surface area contributed by atoms with Crippen LogP contribution in [0.4, 0.5) is 4.79 Å². The zero-order chi connectivity index (χ0) is 19.4. The normalized spacial score (nSPS) is 15.8. The fourth-order valence-corrected chi connectivity index (χ4v) is 4.39. The average molecular weight is 384 g/mol. The average Bonchev–Trinajstić information content (AvgIpc) is 3.15. The SMILES string of the molecule is C=CCN(CC(=O)N1CCc2sccc2C1c1ccccc1)C(=O)N(C)C. The first-order valence-corrected chi connectivity index (χ1v) is 9.88. The largest absolute Gasteiger partial charge is 0.331 e. The molecule has 1 atom stereocenters. The predicted molar refractivity (Wildman–Crippen MR) is 109 cm³/mol. The van der Waals surface area contributed by atoms with E-state index in [1.807, 2.05) is 23.1 Å². The third-order valence-electron chi connectivity index (χ3n) is 4.73. The van der Waals surface area contributed by atoms with Crippen molar-refractivity contribution in [1.82, 2.24) is 14.7 Å². The van der Waals surface area contributed by atoms with Gasteiger partial charge in [0, 0.05) is 32.1 Å². The van der Waals surface area contributed by atoms with Crippen LogP contribution < -0.4 is 0 Å². The van der Waals surface area contributed by atoms with Gasteiger partial charge in [0.1, 0.15) is 6.54 Å². The van der Waals surface area contributed by atoms with Crippen molar-refractivity contribution < 1.29 is 9.59 Å². The van der Waals surface area contributed by atoms with Crippen molar-refractivity contribution in [2.75, 3.05) is 33.7 Å². The number of rotatable bonds is 5. The number of urea groups is 1. The van der Waals surface area contributed by atoms with Gasteiger partial charge in [0.2, 0.25) is 5.91 Å². The van der Waals surface area contributed by atoms with E-state index in [0.29, 0.717) is 13.1 Å². The first kappa shape index (κ1) is 19.2. The zero-order valence-electron chi connectivity index (χ0n) is 15.8. The third-order valence-corrected chi connectivity index (χ3v) is 5.73. The molecule has 0 saturated heterocycles. The van der Waals surface area contributed by atoms with Crippen molar-refractivity contribution in [3.8, 4) is 0 Å². The maximum absolute atomic E-state index is 13.2. The minimum atomic E-state index is -0.187. The molecule has 1 aliphatic heterocycles. The Morgan fingerprint density at radius 3 is 2.67 bits per heavy atom. The van der Waals surface area contributed by atoms with Gasteiger partial charge >= 0.3 is 6.03 Å². The van der Waals surface area contributed by atoms with E-state index in [1.54, 1.807) is 31.5 Å². The molecule has 0 saturated carbocycles. The molecule has 0 bridgehead atoms. The quantitative estimate of drug-likeness (QED) is 0.743. The molecule has 2 heterocycles. The highest BCUT2D eigenvalue weighted by molar-refractivity contribution is 7.10. The Morgan fingerprint density at radius 2 is 2.00 bits per heavy atom. The van der Waals surface area contributed by atoms with E-state index in [0.717, 1.165) is 12.0 Å². The van der Waals surface area contributed by atoms with Gasteiger partial charge in [-0.2, -0.15) is 0 Å². The Hall–Kier alpha value is -2.60. The molecule has 0 fully saturated rings. The van der Waals surface area contributed by atoms with Crippen molar-refractivity contribution in [3.05, 3.63) is 70.4 Å². The van der Waals surface area contributed by atoms with E-state index >= 15 is 0 Å². The summed E-state index contributed by atoms with van der Waals surface area (Å²) in [4.78, 5) is 31.9. The summed E-state index contributed by atoms with van der Waals surface area (Å²) in [7, 11) is 3.38. The van der Waals surface area contributed by atoms with E-state index in [4.69, 9.17) is 0 Å². The van der Waals surface area contributed by atoms with Gasteiger partial charge in [0.05, 0.1) is 6.04 Å². The van der Waals surface area contributed by atoms with Crippen molar-refractivity contribution in [3.63, 3.8) is 0 Å². The van der Waals surface area contributed by atoms with Gasteiger partial charge in [-0.3, -0.25) is 4.79 Å². The molecule has 3 rings (SSSR count). The Labute approximate surface area is 164 Å². The molecule has 27 heavy (non-hydrogen) atoms. The standard InChI is InChI=1S/C21H25N3O2S/c1-4-12-23(21(26)22(2)3)15-19(25)24-13-10-18-17(11-14-27-18)20(24)16-8-6-5-7-9-16/h4-9,11,14,20H,1,10,12-13,15H2,2-3H3. The molecule has 0 aliphatic carbocycles. The van der Waals surface area contributed by atoms with Crippen LogP contribution in [0, 0.1) is 0 Å². The van der Waals surface area contributed by atoms with Crippen LogP contribution >= 0.6 is 11.3 Å². The van der Waals surface area contributed by atoms with Gasteiger partial charge < -0.3 is 14.7 Å². The highest BCUT2D eigenvalue weighted by Crippen LogP contribution is 2.37. The number of carbonyl (C=O) groups is 2. The molecular weight excluding hydrogens is 358 g/mol. The van der Waals surface area contributed by atoms with Gasteiger partial charge in [-0.15, -0.1) is 17.9 Å². The van der Waals surface area contributed by atoms with Gasteiger partial charge in [-0.1, -0.05) is 36.4 Å². The first-order valence-electron chi connectivity index (χ1n) is 9.00. The Bertz CT molecular complexity index is 816. The summed E-state index contributed by atoms with van der Waals surface area (Å²) in [5.41, 5.74) is 2.29. The molecule has 1 aromatic heterocycles.